The third-order valence-corrected chi connectivity index (χ3v) is 7.92. The van der Waals surface area contributed by atoms with Crippen LogP contribution in [0.2, 0.25) is 5.02 Å². The normalized spacial score (nSPS) is 12.2. The SMILES string of the molecule is CCCn1cc2c(n1)CCc1c-2sc2ncnc(Nc3ccc(OCc4cccc(F)c4)c(Cl)c3)c12.O=C(O)C(F)(F)F. The minimum atomic E-state index is -5.08. The van der Waals surface area contributed by atoms with Crippen molar-refractivity contribution in [2.24, 2.45) is 0 Å². The van der Waals surface area contributed by atoms with Crippen molar-refractivity contribution >= 4 is 50.6 Å². The van der Waals surface area contributed by atoms with E-state index in [9.17, 15) is 17.6 Å². The first kappa shape index (κ1) is 30.2. The summed E-state index contributed by atoms with van der Waals surface area (Å²) in [5, 5.41) is 16.8. The van der Waals surface area contributed by atoms with Gasteiger partial charge in [-0.3, -0.25) is 4.68 Å². The molecule has 0 spiro atoms. The van der Waals surface area contributed by atoms with E-state index in [2.05, 4.69) is 33.1 Å². The number of carboxylic acids is 1. The van der Waals surface area contributed by atoms with Crippen LogP contribution in [0.1, 0.15) is 30.2 Å². The summed E-state index contributed by atoms with van der Waals surface area (Å²) in [7, 11) is 0. The third-order valence-electron chi connectivity index (χ3n) is 6.45. The Labute approximate surface area is 251 Å². The molecule has 3 heterocycles. The number of aryl methyl sites for hydroxylation is 3. The molecule has 5 aromatic rings. The fraction of sp³-hybridized carbons (Fsp3) is 0.241. The Morgan fingerprint density at radius 1 is 1.19 bits per heavy atom. The minimum Gasteiger partial charge on any atom is -0.487 e. The zero-order chi connectivity index (χ0) is 30.7. The van der Waals surface area contributed by atoms with Crippen molar-refractivity contribution in [3.8, 4) is 16.2 Å². The van der Waals surface area contributed by atoms with Crippen LogP contribution in [0.4, 0.5) is 29.1 Å². The molecule has 0 atom stereocenters. The number of thiophene rings is 1. The molecule has 0 saturated carbocycles. The summed E-state index contributed by atoms with van der Waals surface area (Å²) in [6.07, 6.45) is 1.53. The van der Waals surface area contributed by atoms with Crippen LogP contribution in [0.3, 0.4) is 0 Å². The molecule has 0 amide bonds. The highest BCUT2D eigenvalue weighted by atomic mass is 35.5. The third kappa shape index (κ3) is 6.89. The highest BCUT2D eigenvalue weighted by Crippen LogP contribution is 2.45. The number of aromatic nitrogens is 4. The molecule has 8 nitrogen and oxygen atoms in total. The van der Waals surface area contributed by atoms with Gasteiger partial charge in [-0.15, -0.1) is 11.3 Å². The molecule has 1 aliphatic rings. The maximum absolute atomic E-state index is 13.4. The Morgan fingerprint density at radius 2 is 1.98 bits per heavy atom. The molecular formula is C29H24ClF4N5O3S. The summed E-state index contributed by atoms with van der Waals surface area (Å²) >= 11 is 8.20. The number of nitrogens with one attached hydrogen (secondary N) is 1. The molecule has 6 rings (SSSR count). The van der Waals surface area contributed by atoms with Gasteiger partial charge in [-0.05, 0) is 60.7 Å². The Morgan fingerprint density at radius 3 is 2.67 bits per heavy atom. The van der Waals surface area contributed by atoms with Gasteiger partial charge in [-0.1, -0.05) is 30.7 Å². The predicted molar refractivity (Wildman–Crippen MR) is 155 cm³/mol. The number of carboxylic acid groups (broad SMARTS) is 1. The summed E-state index contributed by atoms with van der Waals surface area (Å²) in [6, 6.07) is 11.8. The number of alkyl halides is 3. The lowest BCUT2D eigenvalue weighted by molar-refractivity contribution is -0.192. The number of hydrogen-bond donors (Lipinski definition) is 2. The summed E-state index contributed by atoms with van der Waals surface area (Å²) < 4.78 is 53.0. The van der Waals surface area contributed by atoms with Crippen molar-refractivity contribution in [1.29, 1.82) is 0 Å². The van der Waals surface area contributed by atoms with Crippen LogP contribution < -0.4 is 10.1 Å². The fourth-order valence-corrected chi connectivity index (χ4v) is 6.04. The van der Waals surface area contributed by atoms with Crippen molar-refractivity contribution < 1.29 is 32.2 Å². The highest BCUT2D eigenvalue weighted by molar-refractivity contribution is 7.22. The first-order chi connectivity index (χ1) is 20.5. The summed E-state index contributed by atoms with van der Waals surface area (Å²) in [4.78, 5) is 20.2. The van der Waals surface area contributed by atoms with Gasteiger partial charge in [0.05, 0.1) is 16.1 Å². The smallest absolute Gasteiger partial charge is 0.487 e. The van der Waals surface area contributed by atoms with Crippen LogP contribution in [0.5, 0.6) is 5.75 Å². The van der Waals surface area contributed by atoms with E-state index in [4.69, 9.17) is 31.3 Å². The number of rotatable bonds is 7. The lowest BCUT2D eigenvalue weighted by Crippen LogP contribution is -2.21. The second kappa shape index (κ2) is 12.6. The molecule has 43 heavy (non-hydrogen) atoms. The van der Waals surface area contributed by atoms with Gasteiger partial charge in [0.25, 0.3) is 0 Å². The number of hydrogen-bond acceptors (Lipinski definition) is 7. The monoisotopic (exact) mass is 633 g/mol. The minimum absolute atomic E-state index is 0.231. The first-order valence-corrected chi connectivity index (χ1v) is 14.3. The Hall–Kier alpha value is -4.23. The number of halogens is 5. The second-order valence-corrected chi connectivity index (χ2v) is 11.0. The summed E-state index contributed by atoms with van der Waals surface area (Å²) in [5.41, 5.74) is 5.17. The molecule has 2 aromatic carbocycles. The maximum atomic E-state index is 13.4. The van der Waals surface area contributed by atoms with Crippen molar-refractivity contribution in [3.63, 3.8) is 0 Å². The van der Waals surface area contributed by atoms with Gasteiger partial charge in [0.1, 0.15) is 35.1 Å². The summed E-state index contributed by atoms with van der Waals surface area (Å²) in [5.74, 6) is -1.76. The van der Waals surface area contributed by atoms with Gasteiger partial charge < -0.3 is 15.2 Å². The van der Waals surface area contributed by atoms with Gasteiger partial charge in [-0.25, -0.2) is 19.2 Å². The van der Waals surface area contributed by atoms with E-state index in [-0.39, 0.29) is 12.4 Å². The lowest BCUT2D eigenvalue weighted by Gasteiger charge is -2.13. The largest absolute Gasteiger partial charge is 0.490 e. The average Bonchev–Trinajstić information content (AvgIpc) is 3.54. The van der Waals surface area contributed by atoms with Crippen molar-refractivity contribution in [3.05, 3.63) is 82.6 Å². The molecule has 0 unspecified atom stereocenters. The summed E-state index contributed by atoms with van der Waals surface area (Å²) in [6.45, 7) is 3.31. The fourth-order valence-electron chi connectivity index (χ4n) is 4.58. The number of ether oxygens (including phenoxy) is 1. The van der Waals surface area contributed by atoms with E-state index >= 15 is 0 Å². The number of carbonyl (C=O) groups is 1. The molecule has 2 N–H and O–H groups in total. The van der Waals surface area contributed by atoms with E-state index in [0.29, 0.717) is 10.8 Å². The number of benzene rings is 2. The van der Waals surface area contributed by atoms with E-state index in [1.165, 1.54) is 28.1 Å². The topological polar surface area (TPSA) is 102 Å². The number of aliphatic carboxylic acids is 1. The zero-order valence-corrected chi connectivity index (χ0v) is 24.2. The van der Waals surface area contributed by atoms with E-state index in [1.807, 2.05) is 18.2 Å². The van der Waals surface area contributed by atoms with Gasteiger partial charge in [0, 0.05) is 28.9 Å². The number of fused-ring (bicyclic) bond motifs is 5. The Bertz CT molecular complexity index is 1790. The molecular weight excluding hydrogens is 610 g/mol. The maximum Gasteiger partial charge on any atom is 0.490 e. The van der Waals surface area contributed by atoms with Gasteiger partial charge in [0.2, 0.25) is 0 Å². The predicted octanol–water partition coefficient (Wildman–Crippen LogP) is 7.81. The van der Waals surface area contributed by atoms with Crippen molar-refractivity contribution in [2.45, 2.75) is 45.5 Å². The molecule has 0 aliphatic heterocycles. The molecule has 224 valence electrons. The Balaban J connectivity index is 0.000000472. The second-order valence-electron chi connectivity index (χ2n) is 9.56. The molecule has 0 saturated heterocycles. The number of anilines is 2. The van der Waals surface area contributed by atoms with Gasteiger partial charge in [0.15, 0.2) is 0 Å². The zero-order valence-electron chi connectivity index (χ0n) is 22.6. The van der Waals surface area contributed by atoms with Crippen LogP contribution in [0.25, 0.3) is 20.7 Å². The average molecular weight is 634 g/mol. The lowest BCUT2D eigenvalue weighted by atomic mass is 9.95. The highest BCUT2D eigenvalue weighted by Gasteiger charge is 2.38. The molecule has 3 aromatic heterocycles. The van der Waals surface area contributed by atoms with Gasteiger partial charge >= 0.3 is 12.1 Å². The van der Waals surface area contributed by atoms with Crippen LogP contribution in [0.15, 0.2) is 55.0 Å². The van der Waals surface area contributed by atoms with E-state index in [1.54, 1.807) is 29.8 Å². The molecule has 0 radical (unpaired) electrons. The van der Waals surface area contributed by atoms with E-state index in [0.717, 1.165) is 58.8 Å². The van der Waals surface area contributed by atoms with Crippen LogP contribution in [-0.2, 0) is 30.8 Å². The first-order valence-electron chi connectivity index (χ1n) is 13.1. The quantitative estimate of drug-likeness (QED) is 0.176. The van der Waals surface area contributed by atoms with Crippen molar-refractivity contribution in [2.75, 3.05) is 5.32 Å². The molecule has 14 heteroatoms. The molecule has 1 aliphatic carbocycles. The standard InChI is InChI=1S/C27H23ClFN5OS.C2HF3O2/c1-2-10-34-13-20-22(33-34)8-7-19-24-26(30-15-31-27(24)36-25(19)20)32-18-6-9-23(21(28)12-18)35-14-16-4-3-5-17(29)11-16;3-2(4,5)1(6)7/h3-6,9,11-13,15H,2,7-8,10,14H2,1H3,(H,30,31,32);(H,6,7). The number of nitrogens with zero attached hydrogens (tertiary/aromatic N) is 4. The van der Waals surface area contributed by atoms with Gasteiger partial charge in [-0.2, -0.15) is 18.3 Å². The van der Waals surface area contributed by atoms with Crippen LogP contribution in [0, 0.1) is 5.82 Å². The van der Waals surface area contributed by atoms with Crippen LogP contribution >= 0.6 is 22.9 Å². The van der Waals surface area contributed by atoms with Crippen molar-refractivity contribution in [1.82, 2.24) is 19.7 Å². The molecule has 0 fully saturated rings. The molecule has 0 bridgehead atoms. The Kier molecular flexibility index (Phi) is 8.83. The van der Waals surface area contributed by atoms with E-state index < -0.39 is 12.1 Å². The van der Waals surface area contributed by atoms with Crippen LogP contribution in [-0.4, -0.2) is 37.0 Å².